The number of ether oxygens (including phenoxy) is 4. The number of aryl methyl sites for hydroxylation is 2. The molecule has 0 amide bonds. The first-order valence-corrected chi connectivity index (χ1v) is 11.7. The fourth-order valence-corrected chi connectivity index (χ4v) is 4.46. The lowest BCUT2D eigenvalue weighted by Crippen LogP contribution is -2.61. The molecule has 6 heteroatoms. The molecule has 2 fully saturated rings. The second-order valence-corrected chi connectivity index (χ2v) is 8.82. The minimum atomic E-state index is -1.12. The Morgan fingerprint density at radius 3 is 2.12 bits per heavy atom. The smallest absolute Gasteiger partial charge is 0.184 e. The van der Waals surface area contributed by atoms with Crippen molar-refractivity contribution in [2.75, 3.05) is 6.61 Å². The molecule has 6 nitrogen and oxygen atoms in total. The van der Waals surface area contributed by atoms with Crippen LogP contribution in [0.1, 0.15) is 54.6 Å². The Hall–Kier alpha value is -2.06. The Balaban J connectivity index is 1.62. The molecule has 2 N–H and O–H groups in total. The van der Waals surface area contributed by atoms with Gasteiger partial charge in [0.15, 0.2) is 12.6 Å². The van der Waals surface area contributed by atoms with Crippen LogP contribution >= 0.6 is 0 Å². The number of rotatable bonds is 8. The molecule has 0 aliphatic carbocycles. The third kappa shape index (κ3) is 5.38. The van der Waals surface area contributed by atoms with Crippen molar-refractivity contribution in [3.8, 4) is 0 Å². The van der Waals surface area contributed by atoms with Crippen LogP contribution in [0.5, 0.6) is 0 Å². The normalized spacial score (nSPS) is 30.4. The summed E-state index contributed by atoms with van der Waals surface area (Å²) in [4.78, 5) is 0. The molecule has 7 atom stereocenters. The fraction of sp³-hybridized carbons (Fsp3) is 0.481. The number of hydrogen-bond acceptors (Lipinski definition) is 6. The van der Waals surface area contributed by atoms with Crippen molar-refractivity contribution in [3.05, 3.63) is 83.4 Å². The van der Waals surface area contributed by atoms with Gasteiger partial charge in [-0.1, -0.05) is 73.5 Å². The standard InChI is InChI=1S/C27H34O6/c1-4-6-18-10-14-20(15-11-18)26-30-22(7-5-2)24-25(33-26)23(21(29)16-28)31-27(32-24)19-12-8-17(3)9-13-19/h5,8-15,21-29H,2,4,6-7,16H2,1,3H3. The van der Waals surface area contributed by atoms with E-state index in [-0.39, 0.29) is 6.10 Å². The van der Waals surface area contributed by atoms with Gasteiger partial charge in [0.1, 0.15) is 24.4 Å². The number of hydrogen-bond donors (Lipinski definition) is 2. The lowest BCUT2D eigenvalue weighted by atomic mass is 9.93. The average Bonchev–Trinajstić information content (AvgIpc) is 2.84. The predicted molar refractivity (Wildman–Crippen MR) is 124 cm³/mol. The molecular formula is C27H34O6. The zero-order valence-electron chi connectivity index (χ0n) is 19.3. The van der Waals surface area contributed by atoms with Gasteiger partial charge in [0.05, 0.1) is 12.7 Å². The highest BCUT2D eigenvalue weighted by Gasteiger charge is 2.51. The van der Waals surface area contributed by atoms with Gasteiger partial charge in [-0.2, -0.15) is 0 Å². The lowest BCUT2D eigenvalue weighted by Gasteiger charge is -2.50. The molecule has 4 rings (SSSR count). The van der Waals surface area contributed by atoms with Gasteiger partial charge in [-0.25, -0.2) is 0 Å². The predicted octanol–water partition coefficient (Wildman–Crippen LogP) is 4.14. The molecule has 2 aliphatic heterocycles. The highest BCUT2D eigenvalue weighted by atomic mass is 16.8. The van der Waals surface area contributed by atoms with E-state index in [4.69, 9.17) is 18.9 Å². The van der Waals surface area contributed by atoms with E-state index in [0.29, 0.717) is 6.42 Å². The number of fused-ring (bicyclic) bond motifs is 1. The van der Waals surface area contributed by atoms with E-state index in [1.165, 1.54) is 5.56 Å². The molecular weight excluding hydrogens is 420 g/mol. The highest BCUT2D eigenvalue weighted by molar-refractivity contribution is 5.25. The first kappa shape index (κ1) is 24.1. The zero-order chi connectivity index (χ0) is 23.4. The Bertz CT molecular complexity index is 896. The molecule has 178 valence electrons. The third-order valence-electron chi connectivity index (χ3n) is 6.26. The van der Waals surface area contributed by atoms with Gasteiger partial charge in [-0.15, -0.1) is 6.58 Å². The average molecular weight is 455 g/mol. The Morgan fingerprint density at radius 1 is 0.909 bits per heavy atom. The topological polar surface area (TPSA) is 77.4 Å². The summed E-state index contributed by atoms with van der Waals surface area (Å²) in [6.45, 7) is 7.61. The number of aliphatic hydroxyl groups is 2. The summed E-state index contributed by atoms with van der Waals surface area (Å²) in [5, 5.41) is 20.4. The maximum atomic E-state index is 10.6. The maximum Gasteiger partial charge on any atom is 0.184 e. The van der Waals surface area contributed by atoms with Crippen molar-refractivity contribution in [3.63, 3.8) is 0 Å². The SMILES string of the molecule is C=CCC1OC(c2ccc(CCC)cc2)OC2C(C(O)CO)OC(c3ccc(C)cc3)OC12. The lowest BCUT2D eigenvalue weighted by molar-refractivity contribution is -0.390. The second kappa shape index (κ2) is 10.9. The molecule has 2 aliphatic rings. The fourth-order valence-electron chi connectivity index (χ4n) is 4.46. The molecule has 33 heavy (non-hydrogen) atoms. The van der Waals surface area contributed by atoms with Gasteiger partial charge in [0, 0.05) is 11.1 Å². The highest BCUT2D eigenvalue weighted by Crippen LogP contribution is 2.42. The molecule has 0 spiro atoms. The van der Waals surface area contributed by atoms with Gasteiger partial charge in [0.2, 0.25) is 0 Å². The van der Waals surface area contributed by atoms with Crippen molar-refractivity contribution in [2.45, 2.75) is 76.2 Å². The summed E-state index contributed by atoms with van der Waals surface area (Å²) < 4.78 is 25.1. The van der Waals surface area contributed by atoms with Crippen LogP contribution in [0.4, 0.5) is 0 Å². The van der Waals surface area contributed by atoms with Crippen LogP contribution in [0.25, 0.3) is 0 Å². The molecule has 2 aromatic carbocycles. The van der Waals surface area contributed by atoms with E-state index in [1.54, 1.807) is 6.08 Å². The first-order chi connectivity index (χ1) is 16.0. The van der Waals surface area contributed by atoms with Crippen LogP contribution in [0.3, 0.4) is 0 Å². The summed E-state index contributed by atoms with van der Waals surface area (Å²) >= 11 is 0. The van der Waals surface area contributed by atoms with Crippen molar-refractivity contribution in [1.82, 2.24) is 0 Å². The van der Waals surface area contributed by atoms with E-state index >= 15 is 0 Å². The van der Waals surface area contributed by atoms with Gasteiger partial charge in [-0.3, -0.25) is 0 Å². The van der Waals surface area contributed by atoms with Gasteiger partial charge in [0.25, 0.3) is 0 Å². The van der Waals surface area contributed by atoms with Crippen molar-refractivity contribution < 1.29 is 29.2 Å². The van der Waals surface area contributed by atoms with Crippen molar-refractivity contribution in [1.29, 1.82) is 0 Å². The molecule has 0 aromatic heterocycles. The molecule has 0 bridgehead atoms. The Labute approximate surface area is 195 Å². The van der Waals surface area contributed by atoms with Gasteiger partial charge in [-0.05, 0) is 25.3 Å². The Morgan fingerprint density at radius 2 is 1.52 bits per heavy atom. The van der Waals surface area contributed by atoms with Crippen LogP contribution in [0.2, 0.25) is 0 Å². The van der Waals surface area contributed by atoms with Gasteiger partial charge < -0.3 is 29.2 Å². The molecule has 7 unspecified atom stereocenters. The summed E-state index contributed by atoms with van der Waals surface area (Å²) in [6, 6.07) is 16.0. The van der Waals surface area contributed by atoms with Crippen LogP contribution in [-0.2, 0) is 25.4 Å². The van der Waals surface area contributed by atoms with E-state index in [0.717, 1.165) is 29.5 Å². The van der Waals surface area contributed by atoms with Crippen molar-refractivity contribution >= 4 is 0 Å². The van der Waals surface area contributed by atoms with E-state index < -0.39 is 43.6 Å². The van der Waals surface area contributed by atoms with E-state index in [9.17, 15) is 10.2 Å². The van der Waals surface area contributed by atoms with Crippen LogP contribution in [-0.4, -0.2) is 47.3 Å². The second-order valence-electron chi connectivity index (χ2n) is 8.82. The van der Waals surface area contributed by atoms with Crippen LogP contribution < -0.4 is 0 Å². The molecule has 2 aromatic rings. The quantitative estimate of drug-likeness (QED) is 0.584. The van der Waals surface area contributed by atoms with E-state index in [2.05, 4.69) is 25.6 Å². The zero-order valence-corrected chi connectivity index (χ0v) is 19.3. The molecule has 2 saturated heterocycles. The summed E-state index contributed by atoms with van der Waals surface area (Å²) in [5.74, 6) is 0. The summed E-state index contributed by atoms with van der Waals surface area (Å²) in [6.07, 6.45) is -0.247. The summed E-state index contributed by atoms with van der Waals surface area (Å²) in [5.41, 5.74) is 4.11. The van der Waals surface area contributed by atoms with Crippen molar-refractivity contribution in [2.24, 2.45) is 0 Å². The number of benzene rings is 2. The van der Waals surface area contributed by atoms with Crippen LogP contribution in [0.15, 0.2) is 61.2 Å². The minimum Gasteiger partial charge on any atom is -0.394 e. The maximum absolute atomic E-state index is 10.6. The monoisotopic (exact) mass is 454 g/mol. The van der Waals surface area contributed by atoms with E-state index in [1.807, 2.05) is 43.3 Å². The first-order valence-electron chi connectivity index (χ1n) is 11.7. The Kier molecular flexibility index (Phi) is 7.96. The summed E-state index contributed by atoms with van der Waals surface area (Å²) in [7, 11) is 0. The largest absolute Gasteiger partial charge is 0.394 e. The minimum absolute atomic E-state index is 0.341. The van der Waals surface area contributed by atoms with Crippen LogP contribution in [0, 0.1) is 6.92 Å². The number of aliphatic hydroxyl groups excluding tert-OH is 2. The van der Waals surface area contributed by atoms with Gasteiger partial charge >= 0.3 is 0 Å². The molecule has 0 saturated carbocycles. The molecule has 2 heterocycles. The molecule has 0 radical (unpaired) electrons. The third-order valence-corrected chi connectivity index (χ3v) is 6.26.